The first-order chi connectivity index (χ1) is 6.43. The zero-order valence-corrected chi connectivity index (χ0v) is 8.05. The summed E-state index contributed by atoms with van der Waals surface area (Å²) in [5, 5.41) is 12.5. The second kappa shape index (κ2) is 2.89. The standard InChI is InChI=1S/C9H11N3S/c1-6(9-12-11-5-13-9)2-8-4-10-3-7(1)8/h1,5,7-8,10H,2-4H2. The van der Waals surface area contributed by atoms with E-state index in [0.717, 1.165) is 23.4 Å². The highest BCUT2D eigenvalue weighted by Crippen LogP contribution is 2.38. The third-order valence-electron chi connectivity index (χ3n) is 2.92. The Morgan fingerprint density at radius 2 is 2.46 bits per heavy atom. The van der Waals surface area contributed by atoms with Gasteiger partial charge in [0, 0.05) is 6.54 Å². The van der Waals surface area contributed by atoms with Crippen LogP contribution in [0, 0.1) is 11.8 Å². The molecule has 1 fully saturated rings. The molecule has 2 unspecified atom stereocenters. The Morgan fingerprint density at radius 1 is 1.46 bits per heavy atom. The van der Waals surface area contributed by atoms with Crippen LogP contribution in [0.25, 0.3) is 5.57 Å². The van der Waals surface area contributed by atoms with E-state index in [2.05, 4.69) is 21.6 Å². The van der Waals surface area contributed by atoms with Crippen LogP contribution in [0.1, 0.15) is 11.4 Å². The highest BCUT2D eigenvalue weighted by atomic mass is 32.1. The minimum atomic E-state index is 0.749. The predicted octanol–water partition coefficient (Wildman–Crippen LogP) is 1.16. The quantitative estimate of drug-likeness (QED) is 0.727. The topological polar surface area (TPSA) is 37.8 Å². The maximum Gasteiger partial charge on any atom is 0.143 e. The van der Waals surface area contributed by atoms with E-state index in [0.29, 0.717) is 0 Å². The van der Waals surface area contributed by atoms with Crippen molar-refractivity contribution in [2.45, 2.75) is 6.42 Å². The van der Waals surface area contributed by atoms with Crippen LogP contribution in [0.4, 0.5) is 0 Å². The van der Waals surface area contributed by atoms with Gasteiger partial charge in [-0.25, -0.2) is 0 Å². The Bertz CT molecular complexity index is 331. The summed E-state index contributed by atoms with van der Waals surface area (Å²) in [5.41, 5.74) is 3.22. The lowest BCUT2D eigenvalue weighted by atomic mass is 10.00. The SMILES string of the molecule is C1=C(c2nncs2)CC2CNCC12. The number of nitrogens with one attached hydrogen (secondary N) is 1. The Kier molecular flexibility index (Phi) is 1.70. The maximum atomic E-state index is 4.11. The fourth-order valence-corrected chi connectivity index (χ4v) is 2.84. The van der Waals surface area contributed by atoms with E-state index in [9.17, 15) is 0 Å². The first kappa shape index (κ1) is 7.64. The van der Waals surface area contributed by atoms with Gasteiger partial charge in [-0.3, -0.25) is 0 Å². The second-order valence-corrected chi connectivity index (χ2v) is 4.56. The molecule has 13 heavy (non-hydrogen) atoms. The Hall–Kier alpha value is -0.740. The lowest BCUT2D eigenvalue weighted by molar-refractivity contribution is 0.536. The van der Waals surface area contributed by atoms with Crippen LogP contribution in [-0.2, 0) is 0 Å². The first-order valence-electron chi connectivity index (χ1n) is 4.61. The molecule has 0 bridgehead atoms. The molecule has 1 aliphatic carbocycles. The highest BCUT2D eigenvalue weighted by Gasteiger charge is 2.32. The van der Waals surface area contributed by atoms with Crippen molar-refractivity contribution in [3.63, 3.8) is 0 Å². The highest BCUT2D eigenvalue weighted by molar-refractivity contribution is 7.10. The van der Waals surface area contributed by atoms with Crippen LogP contribution in [0.15, 0.2) is 11.6 Å². The van der Waals surface area contributed by atoms with Gasteiger partial charge in [0.25, 0.3) is 0 Å². The van der Waals surface area contributed by atoms with Crippen molar-refractivity contribution in [2.24, 2.45) is 11.8 Å². The molecule has 2 aliphatic rings. The molecule has 68 valence electrons. The summed E-state index contributed by atoms with van der Waals surface area (Å²) in [6, 6.07) is 0. The van der Waals surface area contributed by atoms with E-state index >= 15 is 0 Å². The van der Waals surface area contributed by atoms with E-state index in [1.807, 2.05) is 5.51 Å². The Labute approximate surface area is 80.9 Å². The van der Waals surface area contributed by atoms with Crippen molar-refractivity contribution >= 4 is 16.9 Å². The minimum absolute atomic E-state index is 0.749. The molecule has 1 aliphatic heterocycles. The van der Waals surface area contributed by atoms with Crippen LogP contribution in [0.3, 0.4) is 0 Å². The monoisotopic (exact) mass is 193 g/mol. The molecular weight excluding hydrogens is 182 g/mol. The van der Waals surface area contributed by atoms with Gasteiger partial charge in [0.2, 0.25) is 0 Å². The van der Waals surface area contributed by atoms with E-state index < -0.39 is 0 Å². The largest absolute Gasteiger partial charge is 0.316 e. The summed E-state index contributed by atoms with van der Waals surface area (Å²) < 4.78 is 0. The number of allylic oxidation sites excluding steroid dienone is 1. The van der Waals surface area contributed by atoms with E-state index in [1.165, 1.54) is 18.5 Å². The van der Waals surface area contributed by atoms with Gasteiger partial charge in [-0.1, -0.05) is 6.08 Å². The fraction of sp³-hybridized carbons (Fsp3) is 0.556. The number of hydrogen-bond acceptors (Lipinski definition) is 4. The van der Waals surface area contributed by atoms with Gasteiger partial charge in [-0.2, -0.15) is 0 Å². The molecule has 3 nitrogen and oxygen atoms in total. The van der Waals surface area contributed by atoms with Gasteiger partial charge in [0.1, 0.15) is 10.5 Å². The molecule has 1 aromatic rings. The number of hydrogen-bond donors (Lipinski definition) is 1. The molecule has 4 heteroatoms. The maximum absolute atomic E-state index is 4.11. The van der Waals surface area contributed by atoms with Gasteiger partial charge in [0.15, 0.2) is 0 Å². The average molecular weight is 193 g/mol. The number of rotatable bonds is 1. The number of nitrogens with zero attached hydrogens (tertiary/aromatic N) is 2. The van der Waals surface area contributed by atoms with Crippen LogP contribution in [-0.4, -0.2) is 23.3 Å². The molecule has 2 atom stereocenters. The predicted molar refractivity (Wildman–Crippen MR) is 52.4 cm³/mol. The van der Waals surface area contributed by atoms with Crippen LogP contribution >= 0.6 is 11.3 Å². The second-order valence-electron chi connectivity index (χ2n) is 3.72. The van der Waals surface area contributed by atoms with Gasteiger partial charge in [-0.05, 0) is 30.4 Å². The van der Waals surface area contributed by atoms with Crippen molar-refractivity contribution in [1.82, 2.24) is 15.5 Å². The molecule has 1 N–H and O–H groups in total. The van der Waals surface area contributed by atoms with Crippen LogP contribution in [0.5, 0.6) is 0 Å². The number of aromatic nitrogens is 2. The van der Waals surface area contributed by atoms with Crippen molar-refractivity contribution in [3.05, 3.63) is 16.6 Å². The van der Waals surface area contributed by atoms with Gasteiger partial charge < -0.3 is 5.32 Å². The molecule has 0 aromatic carbocycles. The van der Waals surface area contributed by atoms with E-state index in [1.54, 1.807) is 11.3 Å². The molecule has 3 rings (SSSR count). The Balaban J connectivity index is 1.88. The third-order valence-corrected chi connectivity index (χ3v) is 3.69. The lowest BCUT2D eigenvalue weighted by Gasteiger charge is -2.04. The smallest absolute Gasteiger partial charge is 0.143 e. The molecule has 0 amide bonds. The molecule has 0 spiro atoms. The fourth-order valence-electron chi connectivity index (χ4n) is 2.25. The van der Waals surface area contributed by atoms with Gasteiger partial charge >= 0.3 is 0 Å². The van der Waals surface area contributed by atoms with E-state index in [4.69, 9.17) is 0 Å². The molecular formula is C9H11N3S. The average Bonchev–Trinajstić information content (AvgIpc) is 2.78. The zero-order chi connectivity index (χ0) is 8.67. The van der Waals surface area contributed by atoms with Crippen molar-refractivity contribution in [2.75, 3.05) is 13.1 Å². The van der Waals surface area contributed by atoms with Crippen molar-refractivity contribution in [3.8, 4) is 0 Å². The summed E-state index contributed by atoms with van der Waals surface area (Å²) in [4.78, 5) is 0. The molecule has 1 aromatic heterocycles. The van der Waals surface area contributed by atoms with Crippen molar-refractivity contribution < 1.29 is 0 Å². The summed E-state index contributed by atoms with van der Waals surface area (Å²) in [6.45, 7) is 2.32. The van der Waals surface area contributed by atoms with Crippen molar-refractivity contribution in [1.29, 1.82) is 0 Å². The number of fused-ring (bicyclic) bond motifs is 1. The van der Waals surface area contributed by atoms with Crippen LogP contribution in [0.2, 0.25) is 0 Å². The summed E-state index contributed by atoms with van der Waals surface area (Å²) in [5.74, 6) is 1.57. The first-order valence-corrected chi connectivity index (χ1v) is 5.49. The summed E-state index contributed by atoms with van der Waals surface area (Å²) in [6.07, 6.45) is 3.57. The normalized spacial score (nSPS) is 31.8. The molecule has 0 radical (unpaired) electrons. The lowest BCUT2D eigenvalue weighted by Crippen LogP contribution is -2.09. The van der Waals surface area contributed by atoms with Crippen LogP contribution < -0.4 is 5.32 Å². The summed E-state index contributed by atoms with van der Waals surface area (Å²) in [7, 11) is 0. The Morgan fingerprint density at radius 3 is 3.23 bits per heavy atom. The minimum Gasteiger partial charge on any atom is -0.316 e. The molecule has 0 saturated carbocycles. The summed E-state index contributed by atoms with van der Waals surface area (Å²) >= 11 is 1.65. The molecule has 2 heterocycles. The molecule has 1 saturated heterocycles. The van der Waals surface area contributed by atoms with Gasteiger partial charge in [0.05, 0.1) is 0 Å². The third kappa shape index (κ3) is 1.21. The van der Waals surface area contributed by atoms with E-state index in [-0.39, 0.29) is 0 Å². The van der Waals surface area contributed by atoms with Gasteiger partial charge in [-0.15, -0.1) is 21.5 Å². The zero-order valence-electron chi connectivity index (χ0n) is 7.23.